The fourth-order valence-electron chi connectivity index (χ4n) is 1.49. The van der Waals surface area contributed by atoms with Crippen LogP contribution < -0.4 is 5.06 Å². The number of hydroxylamine groups is 1. The number of benzene rings is 1. The van der Waals surface area contributed by atoms with E-state index in [0.717, 1.165) is 10.6 Å². The zero-order valence-corrected chi connectivity index (χ0v) is 9.50. The summed E-state index contributed by atoms with van der Waals surface area (Å²) in [5.41, 5.74) is 2.20. The smallest absolute Gasteiger partial charge is 0.187 e. The highest BCUT2D eigenvalue weighted by Crippen LogP contribution is 2.16. The number of nitrogens with zero attached hydrogens (tertiary/aromatic N) is 1. The summed E-state index contributed by atoms with van der Waals surface area (Å²) >= 11 is 0. The maximum absolute atomic E-state index is 11.5. The summed E-state index contributed by atoms with van der Waals surface area (Å²) in [6.45, 7) is 1.97. The molecule has 0 heterocycles. The zero-order valence-electron chi connectivity index (χ0n) is 9.50. The van der Waals surface area contributed by atoms with E-state index < -0.39 is 0 Å². The molecule has 0 spiro atoms. The second-order valence-electron chi connectivity index (χ2n) is 3.85. The number of rotatable bonds is 2. The molecule has 0 unspecified atom stereocenters. The van der Waals surface area contributed by atoms with Gasteiger partial charge in [-0.05, 0) is 31.2 Å². The first-order chi connectivity index (χ1) is 8.16. The predicted molar refractivity (Wildman–Crippen MR) is 66.8 cm³/mol. The molecule has 1 aliphatic carbocycles. The van der Waals surface area contributed by atoms with Gasteiger partial charge in [-0.1, -0.05) is 29.8 Å². The molecule has 1 aromatic carbocycles. The molecule has 0 saturated heterocycles. The van der Waals surface area contributed by atoms with Crippen LogP contribution in [0.5, 0.6) is 0 Å². The van der Waals surface area contributed by atoms with Gasteiger partial charge >= 0.3 is 0 Å². The van der Waals surface area contributed by atoms with Crippen molar-refractivity contribution in [3.05, 3.63) is 65.9 Å². The van der Waals surface area contributed by atoms with Gasteiger partial charge < -0.3 is 0 Å². The molecule has 1 N–H and O–H groups in total. The van der Waals surface area contributed by atoms with Crippen LogP contribution in [0.1, 0.15) is 5.56 Å². The van der Waals surface area contributed by atoms with Crippen molar-refractivity contribution in [2.24, 2.45) is 0 Å². The maximum atomic E-state index is 11.5. The molecule has 17 heavy (non-hydrogen) atoms. The predicted octanol–water partition coefficient (Wildman–Crippen LogP) is 2.77. The van der Waals surface area contributed by atoms with E-state index in [4.69, 9.17) is 0 Å². The van der Waals surface area contributed by atoms with Crippen LogP contribution in [-0.2, 0) is 4.79 Å². The SMILES string of the molecule is Cc1ccc(N(O)/C=C2/C=CC=CC2=O)cc1. The number of carbonyl (C=O) groups is 1. The average Bonchev–Trinajstić information content (AvgIpc) is 2.33. The van der Waals surface area contributed by atoms with E-state index in [1.165, 1.54) is 12.3 Å². The van der Waals surface area contributed by atoms with Gasteiger partial charge in [-0.2, -0.15) is 0 Å². The Bertz CT molecular complexity index is 510. The monoisotopic (exact) mass is 227 g/mol. The summed E-state index contributed by atoms with van der Waals surface area (Å²) in [5, 5.41) is 10.8. The van der Waals surface area contributed by atoms with Gasteiger partial charge in [-0.3, -0.25) is 10.0 Å². The van der Waals surface area contributed by atoms with Crippen molar-refractivity contribution < 1.29 is 10.0 Å². The normalized spacial score (nSPS) is 16.6. The Balaban J connectivity index is 2.21. The minimum atomic E-state index is -0.112. The Morgan fingerprint density at radius 2 is 1.76 bits per heavy atom. The number of carbonyl (C=O) groups excluding carboxylic acids is 1. The standard InChI is InChI=1S/C14H13NO2/c1-11-6-8-13(9-7-11)15(17)10-12-4-2-3-5-14(12)16/h2-10,17H,1H3/b12-10-. The minimum absolute atomic E-state index is 0.112. The molecule has 0 bridgehead atoms. The molecule has 86 valence electrons. The minimum Gasteiger partial charge on any atom is -0.289 e. The lowest BCUT2D eigenvalue weighted by Gasteiger charge is -2.13. The Kier molecular flexibility index (Phi) is 3.21. The first-order valence-corrected chi connectivity index (χ1v) is 5.32. The second kappa shape index (κ2) is 4.80. The molecule has 1 aliphatic rings. The van der Waals surface area contributed by atoms with Crippen molar-refractivity contribution in [2.75, 3.05) is 5.06 Å². The maximum Gasteiger partial charge on any atom is 0.187 e. The van der Waals surface area contributed by atoms with E-state index in [9.17, 15) is 10.0 Å². The quantitative estimate of drug-likeness (QED) is 0.624. The molecule has 1 aromatic rings. The topological polar surface area (TPSA) is 40.5 Å². The molecule has 0 radical (unpaired) electrons. The number of anilines is 1. The van der Waals surface area contributed by atoms with Gasteiger partial charge in [0, 0.05) is 11.8 Å². The van der Waals surface area contributed by atoms with Gasteiger partial charge in [0.25, 0.3) is 0 Å². The third-order valence-corrected chi connectivity index (χ3v) is 2.48. The zero-order chi connectivity index (χ0) is 12.3. The summed E-state index contributed by atoms with van der Waals surface area (Å²) in [7, 11) is 0. The lowest BCUT2D eigenvalue weighted by Crippen LogP contribution is -2.12. The fourth-order valence-corrected chi connectivity index (χ4v) is 1.49. The number of ketones is 1. The van der Waals surface area contributed by atoms with Crippen LogP contribution in [0.4, 0.5) is 5.69 Å². The molecule has 0 amide bonds. The van der Waals surface area contributed by atoms with Crippen LogP contribution in [0, 0.1) is 6.92 Å². The van der Waals surface area contributed by atoms with Crippen LogP contribution in [0.2, 0.25) is 0 Å². The Morgan fingerprint density at radius 1 is 1.12 bits per heavy atom. The van der Waals surface area contributed by atoms with Crippen LogP contribution in [0.25, 0.3) is 0 Å². The fraction of sp³-hybridized carbons (Fsp3) is 0.0714. The largest absolute Gasteiger partial charge is 0.289 e. The highest BCUT2D eigenvalue weighted by atomic mass is 16.5. The van der Waals surface area contributed by atoms with Crippen LogP contribution in [-0.4, -0.2) is 11.0 Å². The molecule has 0 aliphatic heterocycles. The molecular formula is C14H13NO2. The van der Waals surface area contributed by atoms with Gasteiger partial charge in [0.1, 0.15) is 0 Å². The summed E-state index contributed by atoms with van der Waals surface area (Å²) in [5.74, 6) is -0.112. The van der Waals surface area contributed by atoms with Crippen molar-refractivity contribution in [3.63, 3.8) is 0 Å². The molecular weight excluding hydrogens is 214 g/mol. The first kappa shape index (κ1) is 11.4. The van der Waals surface area contributed by atoms with E-state index >= 15 is 0 Å². The van der Waals surface area contributed by atoms with Crippen LogP contribution in [0.3, 0.4) is 0 Å². The lowest BCUT2D eigenvalue weighted by molar-refractivity contribution is -0.111. The Hall–Kier alpha value is -2.13. The van der Waals surface area contributed by atoms with Gasteiger partial charge in [0.05, 0.1) is 5.69 Å². The number of allylic oxidation sites excluding steroid dienone is 5. The Morgan fingerprint density at radius 3 is 2.41 bits per heavy atom. The summed E-state index contributed by atoms with van der Waals surface area (Å²) < 4.78 is 0. The average molecular weight is 227 g/mol. The first-order valence-electron chi connectivity index (χ1n) is 5.32. The summed E-state index contributed by atoms with van der Waals surface area (Å²) in [6.07, 6.45) is 7.98. The van der Waals surface area contributed by atoms with Crippen molar-refractivity contribution in [1.82, 2.24) is 0 Å². The van der Waals surface area contributed by atoms with Crippen LogP contribution in [0.15, 0.2) is 60.3 Å². The van der Waals surface area contributed by atoms with E-state index in [-0.39, 0.29) is 5.78 Å². The molecule has 3 heteroatoms. The highest BCUT2D eigenvalue weighted by Gasteiger charge is 2.08. The third kappa shape index (κ3) is 2.71. The number of hydrogen-bond acceptors (Lipinski definition) is 3. The molecule has 3 nitrogen and oxygen atoms in total. The van der Waals surface area contributed by atoms with Crippen LogP contribution >= 0.6 is 0 Å². The van der Waals surface area contributed by atoms with Crippen molar-refractivity contribution in [3.8, 4) is 0 Å². The molecule has 2 rings (SSSR count). The number of hydrogen-bond donors (Lipinski definition) is 1. The van der Waals surface area contributed by atoms with Gasteiger partial charge in [0.2, 0.25) is 0 Å². The van der Waals surface area contributed by atoms with Crippen molar-refractivity contribution in [2.45, 2.75) is 6.92 Å². The van der Waals surface area contributed by atoms with Gasteiger partial charge in [-0.25, -0.2) is 5.06 Å². The lowest BCUT2D eigenvalue weighted by atomic mass is 10.1. The van der Waals surface area contributed by atoms with E-state index in [2.05, 4.69) is 0 Å². The van der Waals surface area contributed by atoms with E-state index in [1.807, 2.05) is 19.1 Å². The molecule has 0 aromatic heterocycles. The van der Waals surface area contributed by atoms with Gasteiger partial charge in [-0.15, -0.1) is 0 Å². The number of aryl methyl sites for hydroxylation is 1. The Labute approximate surface area is 99.9 Å². The summed E-state index contributed by atoms with van der Waals surface area (Å²) in [4.78, 5) is 11.5. The van der Waals surface area contributed by atoms with Crippen molar-refractivity contribution in [1.29, 1.82) is 0 Å². The highest BCUT2D eigenvalue weighted by molar-refractivity contribution is 6.07. The van der Waals surface area contributed by atoms with Crippen molar-refractivity contribution >= 4 is 11.5 Å². The molecule has 0 saturated carbocycles. The van der Waals surface area contributed by atoms with E-state index in [0.29, 0.717) is 11.3 Å². The second-order valence-corrected chi connectivity index (χ2v) is 3.85. The van der Waals surface area contributed by atoms with E-state index in [1.54, 1.807) is 30.4 Å². The molecule has 0 fully saturated rings. The summed E-state index contributed by atoms with van der Waals surface area (Å²) in [6, 6.07) is 7.38. The molecule has 0 atom stereocenters. The van der Waals surface area contributed by atoms with Gasteiger partial charge in [0.15, 0.2) is 5.78 Å². The third-order valence-electron chi connectivity index (χ3n) is 2.48.